The van der Waals surface area contributed by atoms with Crippen molar-refractivity contribution in [1.82, 2.24) is 10.5 Å². The first-order valence-corrected chi connectivity index (χ1v) is 7.73. The maximum absolute atomic E-state index is 12.2. The second-order valence-corrected chi connectivity index (χ2v) is 6.83. The number of aliphatic carboxylic acids is 1. The number of nitrogens with zero attached hydrogens (tertiary/aromatic N) is 1. The van der Waals surface area contributed by atoms with Gasteiger partial charge in [-0.2, -0.15) is 0 Å². The van der Waals surface area contributed by atoms with E-state index in [-0.39, 0.29) is 17.6 Å². The van der Waals surface area contributed by atoms with Gasteiger partial charge in [0.05, 0.1) is 18.2 Å². The average Bonchev–Trinajstić information content (AvgIpc) is 2.92. The quantitative estimate of drug-likeness (QED) is 0.878. The van der Waals surface area contributed by atoms with Crippen LogP contribution in [0.5, 0.6) is 0 Å². The Balaban J connectivity index is 2.21. The molecular weight excluding hydrogens is 308 g/mol. The van der Waals surface area contributed by atoms with Gasteiger partial charge in [0.1, 0.15) is 0 Å². The molecule has 6 heteroatoms. The van der Waals surface area contributed by atoms with Gasteiger partial charge in [-0.1, -0.05) is 50.2 Å². The molecule has 0 aliphatic rings. The third kappa shape index (κ3) is 4.44. The second kappa shape index (κ2) is 6.86. The molecule has 1 atom stereocenters. The normalized spacial score (nSPS) is 12.7. The number of rotatable bonds is 5. The smallest absolute Gasteiger partial charge is 0.305 e. The maximum Gasteiger partial charge on any atom is 0.305 e. The lowest BCUT2D eigenvalue weighted by molar-refractivity contribution is -0.137. The predicted molar refractivity (Wildman–Crippen MR) is 88.8 cm³/mol. The summed E-state index contributed by atoms with van der Waals surface area (Å²) >= 11 is 0. The number of nitrogens with one attached hydrogen (secondary N) is 1. The molecule has 0 bridgehead atoms. The standard InChI is InChI=1S/C18H22N2O4/c1-11-9-15(24-20-11)17(23)19-14(10-16(21)22)12-5-7-13(8-6-12)18(2,3)4/h5-9,14H,10H2,1-4H3,(H,19,23)(H,21,22). The minimum absolute atomic E-state index is 0.00143. The number of amides is 1. The zero-order chi connectivity index (χ0) is 17.9. The van der Waals surface area contributed by atoms with Crippen LogP contribution in [0.3, 0.4) is 0 Å². The summed E-state index contributed by atoms with van der Waals surface area (Å²) in [4.78, 5) is 23.4. The summed E-state index contributed by atoms with van der Waals surface area (Å²) in [6, 6.07) is 8.47. The van der Waals surface area contributed by atoms with Crippen LogP contribution >= 0.6 is 0 Å². The molecule has 128 valence electrons. The summed E-state index contributed by atoms with van der Waals surface area (Å²) in [5, 5.41) is 15.5. The molecule has 1 amide bonds. The molecule has 6 nitrogen and oxygen atoms in total. The Hall–Kier alpha value is -2.63. The van der Waals surface area contributed by atoms with Crippen molar-refractivity contribution in [3.8, 4) is 0 Å². The third-order valence-electron chi connectivity index (χ3n) is 3.71. The van der Waals surface area contributed by atoms with E-state index in [1.165, 1.54) is 6.07 Å². The second-order valence-electron chi connectivity index (χ2n) is 6.83. The van der Waals surface area contributed by atoms with Gasteiger partial charge in [0.15, 0.2) is 0 Å². The van der Waals surface area contributed by atoms with E-state index in [2.05, 4.69) is 31.2 Å². The van der Waals surface area contributed by atoms with Crippen molar-refractivity contribution in [3.05, 3.63) is 52.9 Å². The molecule has 1 aromatic carbocycles. The first-order valence-electron chi connectivity index (χ1n) is 7.73. The zero-order valence-electron chi connectivity index (χ0n) is 14.3. The lowest BCUT2D eigenvalue weighted by atomic mass is 9.86. The van der Waals surface area contributed by atoms with Gasteiger partial charge in [0.2, 0.25) is 5.76 Å². The summed E-state index contributed by atoms with van der Waals surface area (Å²) in [5.41, 5.74) is 2.46. The van der Waals surface area contributed by atoms with Gasteiger partial charge in [-0.05, 0) is 23.5 Å². The summed E-state index contributed by atoms with van der Waals surface area (Å²) in [6.07, 6.45) is -0.215. The Kier molecular flexibility index (Phi) is 5.07. The summed E-state index contributed by atoms with van der Waals surface area (Å²) in [7, 11) is 0. The highest BCUT2D eigenvalue weighted by Crippen LogP contribution is 2.25. The Morgan fingerprint density at radius 3 is 2.33 bits per heavy atom. The number of aryl methyl sites for hydroxylation is 1. The Labute approximate surface area is 140 Å². The van der Waals surface area contributed by atoms with Crippen LogP contribution in [0.4, 0.5) is 0 Å². The van der Waals surface area contributed by atoms with Crippen LogP contribution in [-0.2, 0) is 10.2 Å². The minimum Gasteiger partial charge on any atom is -0.481 e. The van der Waals surface area contributed by atoms with Gasteiger partial charge in [-0.25, -0.2) is 0 Å². The maximum atomic E-state index is 12.2. The first-order chi connectivity index (χ1) is 11.2. The summed E-state index contributed by atoms with van der Waals surface area (Å²) in [6.45, 7) is 8.01. The predicted octanol–water partition coefficient (Wildman–Crippen LogP) is 3.23. The number of carbonyl (C=O) groups is 2. The third-order valence-corrected chi connectivity index (χ3v) is 3.71. The number of hydrogen-bond donors (Lipinski definition) is 2. The molecule has 1 aromatic heterocycles. The first kappa shape index (κ1) is 17.7. The number of aromatic nitrogens is 1. The van der Waals surface area contributed by atoms with Gasteiger partial charge >= 0.3 is 5.97 Å². The molecule has 0 saturated carbocycles. The average molecular weight is 330 g/mol. The van der Waals surface area contributed by atoms with E-state index in [4.69, 9.17) is 9.63 Å². The Bertz CT molecular complexity index is 726. The van der Waals surface area contributed by atoms with E-state index in [0.717, 1.165) is 11.1 Å². The molecule has 0 spiro atoms. The van der Waals surface area contributed by atoms with Crippen LogP contribution < -0.4 is 5.32 Å². The fourth-order valence-electron chi connectivity index (χ4n) is 2.34. The topological polar surface area (TPSA) is 92.4 Å². The van der Waals surface area contributed by atoms with E-state index < -0.39 is 17.9 Å². The molecule has 1 heterocycles. The van der Waals surface area contributed by atoms with Gasteiger partial charge < -0.3 is 14.9 Å². The monoisotopic (exact) mass is 330 g/mol. The van der Waals surface area contributed by atoms with Crippen molar-refractivity contribution in [1.29, 1.82) is 0 Å². The molecular formula is C18H22N2O4. The largest absolute Gasteiger partial charge is 0.481 e. The molecule has 0 saturated heterocycles. The van der Waals surface area contributed by atoms with E-state index in [1.54, 1.807) is 6.92 Å². The number of benzene rings is 1. The van der Waals surface area contributed by atoms with E-state index in [9.17, 15) is 9.59 Å². The van der Waals surface area contributed by atoms with Crippen molar-refractivity contribution in [2.75, 3.05) is 0 Å². The van der Waals surface area contributed by atoms with Crippen LogP contribution in [0.15, 0.2) is 34.9 Å². The highest BCUT2D eigenvalue weighted by molar-refractivity contribution is 5.92. The van der Waals surface area contributed by atoms with E-state index in [1.807, 2.05) is 24.3 Å². The summed E-state index contributed by atoms with van der Waals surface area (Å²) < 4.78 is 4.92. The molecule has 0 aliphatic carbocycles. The van der Waals surface area contributed by atoms with Crippen molar-refractivity contribution < 1.29 is 19.2 Å². The van der Waals surface area contributed by atoms with Gasteiger partial charge in [-0.15, -0.1) is 0 Å². The number of carbonyl (C=O) groups excluding carboxylic acids is 1. The van der Waals surface area contributed by atoms with Crippen molar-refractivity contribution >= 4 is 11.9 Å². The van der Waals surface area contributed by atoms with Crippen LogP contribution in [-0.4, -0.2) is 22.1 Å². The van der Waals surface area contributed by atoms with Gasteiger partial charge in [-0.3, -0.25) is 9.59 Å². The molecule has 0 radical (unpaired) electrons. The molecule has 0 aliphatic heterocycles. The van der Waals surface area contributed by atoms with Gasteiger partial charge in [0.25, 0.3) is 5.91 Å². The Morgan fingerprint density at radius 2 is 1.88 bits per heavy atom. The van der Waals surface area contributed by atoms with Gasteiger partial charge in [0, 0.05) is 6.07 Å². The lowest BCUT2D eigenvalue weighted by Gasteiger charge is -2.21. The van der Waals surface area contributed by atoms with Crippen LogP contribution in [0.25, 0.3) is 0 Å². The van der Waals surface area contributed by atoms with E-state index >= 15 is 0 Å². The van der Waals surface area contributed by atoms with Crippen molar-refractivity contribution in [3.63, 3.8) is 0 Å². The minimum atomic E-state index is -0.992. The fraction of sp³-hybridized carbons (Fsp3) is 0.389. The number of hydrogen-bond acceptors (Lipinski definition) is 4. The van der Waals surface area contributed by atoms with E-state index in [0.29, 0.717) is 5.69 Å². The zero-order valence-corrected chi connectivity index (χ0v) is 14.3. The lowest BCUT2D eigenvalue weighted by Crippen LogP contribution is -2.30. The highest BCUT2D eigenvalue weighted by Gasteiger charge is 2.22. The van der Waals surface area contributed by atoms with Crippen LogP contribution in [0.1, 0.15) is 60.6 Å². The molecule has 2 aromatic rings. The van der Waals surface area contributed by atoms with Crippen LogP contribution in [0.2, 0.25) is 0 Å². The summed E-state index contributed by atoms with van der Waals surface area (Å²) in [5.74, 6) is -1.41. The Morgan fingerprint density at radius 1 is 1.25 bits per heavy atom. The molecule has 2 N–H and O–H groups in total. The number of carboxylic acid groups (broad SMARTS) is 1. The SMILES string of the molecule is Cc1cc(C(=O)NC(CC(=O)O)c2ccc(C(C)(C)C)cc2)on1. The van der Waals surface area contributed by atoms with Crippen molar-refractivity contribution in [2.24, 2.45) is 0 Å². The highest BCUT2D eigenvalue weighted by atomic mass is 16.5. The van der Waals surface area contributed by atoms with Crippen LogP contribution in [0, 0.1) is 6.92 Å². The molecule has 24 heavy (non-hydrogen) atoms. The fourth-order valence-corrected chi connectivity index (χ4v) is 2.34. The molecule has 2 rings (SSSR count). The molecule has 0 fully saturated rings. The number of carboxylic acids is 1. The molecule has 1 unspecified atom stereocenters. The van der Waals surface area contributed by atoms with Crippen molar-refractivity contribution in [2.45, 2.75) is 45.6 Å².